The predicted molar refractivity (Wildman–Crippen MR) is 158 cm³/mol. The Hall–Kier alpha value is -4.53. The number of para-hydroxylation sites is 2. The predicted octanol–water partition coefficient (Wildman–Crippen LogP) is 6.01. The molecule has 1 atom stereocenters. The molecule has 202 valence electrons. The standard InChI is InChI=1S/C32H29N3O4S/c1-34-19-27(24-12-6-8-14-29(24)34)32(25-13-7-9-15-31(25)39-40(33,36)37)28-20-35(2)30-17-16-23(18-26(28)30)38-21-22-10-4-3-5-11-22/h3-20,32H,21H2,1-2H3,(H2,33,36,37). The van der Waals surface area contributed by atoms with Gasteiger partial charge in [0.05, 0.1) is 0 Å². The molecule has 0 amide bonds. The molecule has 2 heterocycles. The van der Waals surface area contributed by atoms with Crippen LogP contribution in [-0.4, -0.2) is 17.6 Å². The fraction of sp³-hybridized carbons (Fsp3) is 0.125. The molecule has 2 aromatic heterocycles. The molecule has 7 nitrogen and oxygen atoms in total. The highest BCUT2D eigenvalue weighted by Gasteiger charge is 2.28. The minimum atomic E-state index is -4.24. The summed E-state index contributed by atoms with van der Waals surface area (Å²) in [6.07, 6.45) is 4.18. The number of rotatable bonds is 8. The number of aryl methyl sites for hydroxylation is 2. The Morgan fingerprint density at radius 3 is 2.10 bits per heavy atom. The van der Waals surface area contributed by atoms with Gasteiger partial charge < -0.3 is 18.1 Å². The van der Waals surface area contributed by atoms with Gasteiger partial charge in [0.2, 0.25) is 0 Å². The van der Waals surface area contributed by atoms with E-state index >= 15 is 0 Å². The van der Waals surface area contributed by atoms with Crippen molar-refractivity contribution in [1.29, 1.82) is 0 Å². The van der Waals surface area contributed by atoms with Gasteiger partial charge in [0.25, 0.3) is 0 Å². The highest BCUT2D eigenvalue weighted by molar-refractivity contribution is 7.84. The van der Waals surface area contributed by atoms with Gasteiger partial charge >= 0.3 is 10.3 Å². The van der Waals surface area contributed by atoms with Gasteiger partial charge in [0.1, 0.15) is 18.1 Å². The van der Waals surface area contributed by atoms with Gasteiger partial charge in [0, 0.05) is 59.8 Å². The molecule has 0 fully saturated rings. The maximum Gasteiger partial charge on any atom is 0.380 e. The van der Waals surface area contributed by atoms with Gasteiger partial charge in [-0.05, 0) is 47.0 Å². The first-order valence-corrected chi connectivity index (χ1v) is 14.4. The molecule has 2 N–H and O–H groups in total. The Morgan fingerprint density at radius 1 is 0.725 bits per heavy atom. The summed E-state index contributed by atoms with van der Waals surface area (Å²) in [5.41, 5.74) is 5.88. The summed E-state index contributed by atoms with van der Waals surface area (Å²) in [5, 5.41) is 7.39. The lowest BCUT2D eigenvalue weighted by Gasteiger charge is -2.20. The zero-order valence-corrected chi connectivity index (χ0v) is 23.0. The van der Waals surface area contributed by atoms with Crippen molar-refractivity contribution < 1.29 is 17.3 Å². The zero-order chi connectivity index (χ0) is 27.9. The van der Waals surface area contributed by atoms with Crippen LogP contribution in [0, 0.1) is 0 Å². The third-order valence-electron chi connectivity index (χ3n) is 7.23. The summed E-state index contributed by atoms with van der Waals surface area (Å²) in [7, 11) is -0.232. The number of hydrogen-bond acceptors (Lipinski definition) is 4. The van der Waals surface area contributed by atoms with Crippen molar-refractivity contribution in [3.8, 4) is 11.5 Å². The quantitative estimate of drug-likeness (QED) is 0.251. The number of ether oxygens (including phenoxy) is 1. The van der Waals surface area contributed by atoms with Crippen LogP contribution in [0.5, 0.6) is 11.5 Å². The van der Waals surface area contributed by atoms with Crippen LogP contribution in [0.1, 0.15) is 28.2 Å². The monoisotopic (exact) mass is 551 g/mol. The Kier molecular flexibility index (Phi) is 6.57. The molecule has 8 heteroatoms. The van der Waals surface area contributed by atoms with E-state index in [0.29, 0.717) is 12.2 Å². The van der Waals surface area contributed by atoms with E-state index in [9.17, 15) is 8.42 Å². The van der Waals surface area contributed by atoms with Gasteiger partial charge in [-0.2, -0.15) is 13.6 Å². The van der Waals surface area contributed by atoms with Crippen LogP contribution in [0.3, 0.4) is 0 Å². The second-order valence-electron chi connectivity index (χ2n) is 9.91. The van der Waals surface area contributed by atoms with E-state index in [1.54, 1.807) is 12.1 Å². The molecule has 4 aromatic carbocycles. The van der Waals surface area contributed by atoms with Crippen molar-refractivity contribution in [3.05, 3.63) is 132 Å². The second-order valence-corrected chi connectivity index (χ2v) is 11.1. The molecule has 0 aliphatic heterocycles. The fourth-order valence-corrected chi connectivity index (χ4v) is 5.89. The van der Waals surface area contributed by atoms with Crippen LogP contribution < -0.4 is 14.1 Å². The third kappa shape index (κ3) is 4.95. The minimum Gasteiger partial charge on any atom is -0.489 e. The highest BCUT2D eigenvalue weighted by atomic mass is 32.2. The van der Waals surface area contributed by atoms with E-state index in [0.717, 1.165) is 44.2 Å². The van der Waals surface area contributed by atoms with E-state index in [2.05, 4.69) is 39.7 Å². The van der Waals surface area contributed by atoms with Crippen LogP contribution in [-0.2, 0) is 31.0 Å². The maximum absolute atomic E-state index is 12.0. The van der Waals surface area contributed by atoms with Gasteiger partial charge in [0.15, 0.2) is 0 Å². The van der Waals surface area contributed by atoms with Gasteiger partial charge in [-0.1, -0.05) is 66.7 Å². The molecular formula is C32H29N3O4S. The lowest BCUT2D eigenvalue weighted by Crippen LogP contribution is -2.20. The normalized spacial score (nSPS) is 12.6. The van der Waals surface area contributed by atoms with Crippen molar-refractivity contribution in [2.24, 2.45) is 19.2 Å². The van der Waals surface area contributed by atoms with E-state index in [1.807, 2.05) is 80.8 Å². The molecule has 1 unspecified atom stereocenters. The highest BCUT2D eigenvalue weighted by Crippen LogP contribution is 2.44. The van der Waals surface area contributed by atoms with Crippen LogP contribution >= 0.6 is 0 Å². The molecule has 0 saturated heterocycles. The molecule has 0 radical (unpaired) electrons. The first-order valence-electron chi connectivity index (χ1n) is 12.9. The number of aromatic nitrogens is 2. The minimum absolute atomic E-state index is 0.191. The van der Waals surface area contributed by atoms with E-state index in [-0.39, 0.29) is 11.7 Å². The molecular weight excluding hydrogens is 522 g/mol. The summed E-state index contributed by atoms with van der Waals surface area (Å²) in [6.45, 7) is 0.451. The fourth-order valence-electron chi connectivity index (χ4n) is 5.49. The van der Waals surface area contributed by atoms with Crippen molar-refractivity contribution in [3.63, 3.8) is 0 Å². The third-order valence-corrected chi connectivity index (χ3v) is 7.64. The number of benzene rings is 4. The van der Waals surface area contributed by atoms with Crippen LogP contribution in [0.4, 0.5) is 0 Å². The van der Waals surface area contributed by atoms with Gasteiger partial charge in [-0.25, -0.2) is 0 Å². The lowest BCUT2D eigenvalue weighted by atomic mass is 9.84. The Morgan fingerprint density at radius 2 is 1.35 bits per heavy atom. The molecule has 0 aliphatic carbocycles. The number of nitrogens with zero attached hydrogens (tertiary/aromatic N) is 2. The number of nitrogens with two attached hydrogens (primary N) is 1. The summed E-state index contributed by atoms with van der Waals surface area (Å²) >= 11 is 0. The molecule has 0 spiro atoms. The second kappa shape index (κ2) is 10.2. The van der Waals surface area contributed by atoms with E-state index in [1.165, 1.54) is 0 Å². The summed E-state index contributed by atoms with van der Waals surface area (Å²) in [4.78, 5) is 0. The maximum atomic E-state index is 12.0. The summed E-state index contributed by atoms with van der Waals surface area (Å²) in [6, 6.07) is 31.4. The first-order chi connectivity index (χ1) is 19.3. The van der Waals surface area contributed by atoms with Crippen molar-refractivity contribution in [2.75, 3.05) is 0 Å². The topological polar surface area (TPSA) is 88.5 Å². The summed E-state index contributed by atoms with van der Waals surface area (Å²) in [5.74, 6) is 0.572. The Labute approximate surface area is 233 Å². The van der Waals surface area contributed by atoms with Crippen molar-refractivity contribution >= 4 is 32.1 Å². The Balaban J connectivity index is 1.56. The van der Waals surface area contributed by atoms with Crippen LogP contribution in [0.15, 0.2) is 109 Å². The SMILES string of the molecule is Cn1cc(C(c2ccccc2OS(N)(=O)=O)c2cn(C)c3ccc(OCc4ccccc4)cc23)c2ccccc21. The number of fused-ring (bicyclic) bond motifs is 2. The molecule has 6 rings (SSSR count). The largest absolute Gasteiger partial charge is 0.489 e. The molecule has 0 saturated carbocycles. The van der Waals surface area contributed by atoms with E-state index < -0.39 is 10.3 Å². The van der Waals surface area contributed by atoms with Gasteiger partial charge in [-0.3, -0.25) is 0 Å². The zero-order valence-electron chi connectivity index (χ0n) is 22.2. The average Bonchev–Trinajstić information content (AvgIpc) is 3.45. The Bertz CT molecular complexity index is 1940. The van der Waals surface area contributed by atoms with Crippen LogP contribution in [0.2, 0.25) is 0 Å². The van der Waals surface area contributed by atoms with E-state index in [4.69, 9.17) is 14.1 Å². The molecule has 6 aromatic rings. The summed E-state index contributed by atoms with van der Waals surface area (Å²) < 4.78 is 39.8. The molecule has 0 aliphatic rings. The molecule has 0 bridgehead atoms. The van der Waals surface area contributed by atoms with Crippen molar-refractivity contribution in [2.45, 2.75) is 12.5 Å². The van der Waals surface area contributed by atoms with Crippen molar-refractivity contribution in [1.82, 2.24) is 9.13 Å². The number of hydrogen-bond donors (Lipinski definition) is 1. The first kappa shape index (κ1) is 25.7. The van der Waals surface area contributed by atoms with Crippen LogP contribution in [0.25, 0.3) is 21.8 Å². The molecule has 40 heavy (non-hydrogen) atoms. The average molecular weight is 552 g/mol. The van der Waals surface area contributed by atoms with Gasteiger partial charge in [-0.15, -0.1) is 0 Å². The smallest absolute Gasteiger partial charge is 0.380 e. The lowest BCUT2D eigenvalue weighted by molar-refractivity contribution is 0.306.